The monoisotopic (exact) mass is 314 g/mol. The van der Waals surface area contributed by atoms with Crippen LogP contribution < -0.4 is 0 Å². The lowest BCUT2D eigenvalue weighted by atomic mass is 9.87. The number of aromatic hydroxyl groups is 1. The number of benzene rings is 1. The van der Waals surface area contributed by atoms with E-state index in [2.05, 4.69) is 0 Å². The fourth-order valence-corrected chi connectivity index (χ4v) is 2.17. The molecule has 0 amide bonds. The van der Waals surface area contributed by atoms with Gasteiger partial charge in [0.25, 0.3) is 0 Å². The van der Waals surface area contributed by atoms with Crippen LogP contribution in [0.15, 0.2) is 35.4 Å². The van der Waals surface area contributed by atoms with Crippen LogP contribution in [0.25, 0.3) is 0 Å². The van der Waals surface area contributed by atoms with Gasteiger partial charge in [-0.25, -0.2) is 0 Å². The third-order valence-electron chi connectivity index (χ3n) is 3.67. The van der Waals surface area contributed by atoms with Crippen LogP contribution in [0.3, 0.4) is 0 Å². The maximum Gasteiger partial charge on any atom is 0.118 e. The molecule has 2 N–H and O–H groups in total. The maximum atomic E-state index is 9.60. The zero-order chi connectivity index (χ0) is 15.5. The Labute approximate surface area is 130 Å². The molecule has 1 aliphatic rings. The average molecular weight is 315 g/mol. The summed E-state index contributed by atoms with van der Waals surface area (Å²) in [6, 6.07) is 3.30. The van der Waals surface area contributed by atoms with Crippen LogP contribution in [0.5, 0.6) is 5.75 Å². The molecule has 1 aliphatic carbocycles. The molecule has 110 valence electrons. The van der Waals surface area contributed by atoms with Gasteiger partial charge in [0.1, 0.15) is 5.75 Å². The molecule has 0 aliphatic heterocycles. The van der Waals surface area contributed by atoms with Crippen molar-refractivity contribution < 1.29 is 10.2 Å². The summed E-state index contributed by atoms with van der Waals surface area (Å²) in [4.78, 5) is 0. The van der Waals surface area contributed by atoms with Gasteiger partial charge in [0.15, 0.2) is 0 Å². The number of phenolic OH excluding ortho intramolecular Hbond substituents is 1. The summed E-state index contributed by atoms with van der Waals surface area (Å²) in [7, 11) is 0. The molecule has 4 heteroatoms. The first-order valence-electron chi connectivity index (χ1n) is 6.38. The van der Waals surface area contributed by atoms with Crippen molar-refractivity contribution in [1.29, 1.82) is 0 Å². The van der Waals surface area contributed by atoms with Gasteiger partial charge >= 0.3 is 0 Å². The summed E-state index contributed by atoms with van der Waals surface area (Å²) in [6.45, 7) is 7.39. The molecule has 0 bridgehead atoms. The first-order chi connectivity index (χ1) is 9.16. The summed E-state index contributed by atoms with van der Waals surface area (Å²) in [5, 5.41) is 20.2. The Morgan fingerprint density at radius 2 is 1.75 bits per heavy atom. The quantitative estimate of drug-likeness (QED) is 0.727. The maximum absolute atomic E-state index is 9.60. The van der Waals surface area contributed by atoms with E-state index in [9.17, 15) is 5.11 Å². The highest BCUT2D eigenvalue weighted by molar-refractivity contribution is 6.31. The van der Waals surface area contributed by atoms with Crippen LogP contribution in [0.2, 0.25) is 5.02 Å². The molecule has 2 rings (SSSR count). The molecule has 0 radical (unpaired) electrons. The zero-order valence-corrected chi connectivity index (χ0v) is 13.6. The second-order valence-electron chi connectivity index (χ2n) is 5.17. The predicted octanol–water partition coefficient (Wildman–Crippen LogP) is 4.73. The van der Waals surface area contributed by atoms with Crippen molar-refractivity contribution in [2.75, 3.05) is 0 Å². The standard InChI is InChI=1S/C8H11ClO.C8H9ClO/c1-6-7(9)4-3-5-8(6,2)10;1-5-6(2)8(10)4-3-7(5)9/h3-6,10H,1-2H3;3-4,10H,1-2H3. The molecular weight excluding hydrogens is 295 g/mol. The Hall–Kier alpha value is -0.960. The Morgan fingerprint density at radius 3 is 2.20 bits per heavy atom. The summed E-state index contributed by atoms with van der Waals surface area (Å²) >= 11 is 11.6. The van der Waals surface area contributed by atoms with Crippen LogP contribution in [0.4, 0.5) is 0 Å². The van der Waals surface area contributed by atoms with E-state index in [0.717, 1.165) is 11.1 Å². The van der Waals surface area contributed by atoms with E-state index in [0.29, 0.717) is 15.8 Å². The lowest BCUT2D eigenvalue weighted by molar-refractivity contribution is 0.0711. The van der Waals surface area contributed by atoms with E-state index in [-0.39, 0.29) is 5.92 Å². The Balaban J connectivity index is 0.000000200. The van der Waals surface area contributed by atoms with E-state index in [1.165, 1.54) is 0 Å². The van der Waals surface area contributed by atoms with Crippen molar-refractivity contribution in [3.63, 3.8) is 0 Å². The van der Waals surface area contributed by atoms with Gasteiger partial charge in [-0.3, -0.25) is 0 Å². The first-order valence-corrected chi connectivity index (χ1v) is 7.14. The Morgan fingerprint density at radius 1 is 1.15 bits per heavy atom. The van der Waals surface area contributed by atoms with Crippen LogP contribution >= 0.6 is 23.2 Å². The molecule has 1 aromatic rings. The van der Waals surface area contributed by atoms with Crippen molar-refractivity contribution in [2.45, 2.75) is 33.3 Å². The lowest BCUT2D eigenvalue weighted by Gasteiger charge is -2.28. The summed E-state index contributed by atoms with van der Waals surface area (Å²) in [6.07, 6.45) is 5.34. The fraction of sp³-hybridized carbons (Fsp3) is 0.375. The van der Waals surface area contributed by atoms with Gasteiger partial charge in [0.05, 0.1) is 5.60 Å². The average Bonchev–Trinajstić information content (AvgIpc) is 2.39. The minimum atomic E-state index is -0.772. The highest BCUT2D eigenvalue weighted by Gasteiger charge is 2.29. The smallest absolute Gasteiger partial charge is 0.118 e. The minimum Gasteiger partial charge on any atom is -0.508 e. The second kappa shape index (κ2) is 6.66. The summed E-state index contributed by atoms with van der Waals surface area (Å²) in [5.41, 5.74) is 1.03. The number of allylic oxidation sites excluding steroid dienone is 2. The lowest BCUT2D eigenvalue weighted by Crippen LogP contribution is -2.31. The Kier molecular flexibility index (Phi) is 5.69. The molecule has 0 aromatic heterocycles. The zero-order valence-electron chi connectivity index (χ0n) is 12.1. The normalized spacial score (nSPS) is 24.8. The van der Waals surface area contributed by atoms with Crippen LogP contribution in [0.1, 0.15) is 25.0 Å². The van der Waals surface area contributed by atoms with Crippen molar-refractivity contribution in [1.82, 2.24) is 0 Å². The fourth-order valence-electron chi connectivity index (χ4n) is 1.68. The van der Waals surface area contributed by atoms with Gasteiger partial charge in [-0.05, 0) is 50.1 Å². The molecule has 1 aromatic carbocycles. The van der Waals surface area contributed by atoms with E-state index >= 15 is 0 Å². The SMILES string of the molecule is CC1C(Cl)=CC=CC1(C)O.Cc1c(O)ccc(Cl)c1C. The van der Waals surface area contributed by atoms with E-state index in [1.54, 1.807) is 31.2 Å². The molecule has 2 unspecified atom stereocenters. The summed E-state index contributed by atoms with van der Waals surface area (Å²) in [5.74, 6) is 0.320. The van der Waals surface area contributed by atoms with Gasteiger partial charge in [-0.1, -0.05) is 42.3 Å². The highest BCUT2D eigenvalue weighted by Crippen LogP contribution is 2.31. The van der Waals surface area contributed by atoms with Gasteiger partial charge in [0.2, 0.25) is 0 Å². The second-order valence-corrected chi connectivity index (χ2v) is 6.02. The Bertz CT molecular complexity index is 519. The van der Waals surface area contributed by atoms with Crippen molar-refractivity contribution in [2.24, 2.45) is 5.92 Å². The first kappa shape index (κ1) is 17.1. The van der Waals surface area contributed by atoms with Crippen LogP contribution in [0, 0.1) is 19.8 Å². The molecule has 2 atom stereocenters. The number of hydrogen-bond donors (Lipinski definition) is 2. The predicted molar refractivity (Wildman–Crippen MR) is 85.5 cm³/mol. The molecule has 0 spiro atoms. The van der Waals surface area contributed by atoms with E-state index < -0.39 is 5.60 Å². The number of rotatable bonds is 0. The number of phenols is 1. The van der Waals surface area contributed by atoms with Crippen LogP contribution in [-0.2, 0) is 0 Å². The number of aliphatic hydroxyl groups is 1. The van der Waals surface area contributed by atoms with Crippen molar-refractivity contribution in [3.05, 3.63) is 51.5 Å². The molecule has 20 heavy (non-hydrogen) atoms. The minimum absolute atomic E-state index is 0.0131. The molecule has 0 fully saturated rings. The third-order valence-corrected chi connectivity index (χ3v) is 4.53. The van der Waals surface area contributed by atoms with Crippen LogP contribution in [-0.4, -0.2) is 15.8 Å². The largest absolute Gasteiger partial charge is 0.508 e. The topological polar surface area (TPSA) is 40.5 Å². The molecule has 0 heterocycles. The number of hydrogen-bond acceptors (Lipinski definition) is 2. The van der Waals surface area contributed by atoms with Gasteiger partial charge in [0, 0.05) is 16.0 Å². The van der Waals surface area contributed by atoms with Gasteiger partial charge in [-0.2, -0.15) is 0 Å². The van der Waals surface area contributed by atoms with E-state index in [4.69, 9.17) is 28.3 Å². The summed E-state index contributed by atoms with van der Waals surface area (Å²) < 4.78 is 0. The highest BCUT2D eigenvalue weighted by atomic mass is 35.5. The van der Waals surface area contributed by atoms with Crippen molar-refractivity contribution >= 4 is 23.2 Å². The molecule has 0 saturated heterocycles. The van der Waals surface area contributed by atoms with Gasteiger partial charge in [-0.15, -0.1) is 0 Å². The molecule has 2 nitrogen and oxygen atoms in total. The number of halogens is 2. The van der Waals surface area contributed by atoms with Crippen molar-refractivity contribution in [3.8, 4) is 5.75 Å². The third kappa shape index (κ3) is 4.02. The van der Waals surface area contributed by atoms with E-state index in [1.807, 2.05) is 26.8 Å². The molecule has 0 saturated carbocycles. The van der Waals surface area contributed by atoms with Gasteiger partial charge < -0.3 is 10.2 Å². The molecular formula is C16H20Cl2O2.